The van der Waals surface area contributed by atoms with Gasteiger partial charge in [-0.2, -0.15) is 0 Å². The lowest BCUT2D eigenvalue weighted by atomic mass is 9.87. The Bertz CT molecular complexity index is 537. The Morgan fingerprint density at radius 1 is 1.22 bits per heavy atom. The summed E-state index contributed by atoms with van der Waals surface area (Å²) in [5.74, 6) is 1.07. The van der Waals surface area contributed by atoms with E-state index in [0.29, 0.717) is 0 Å². The van der Waals surface area contributed by atoms with Crippen LogP contribution >= 0.6 is 11.3 Å². The van der Waals surface area contributed by atoms with Crippen molar-refractivity contribution in [3.05, 3.63) is 32.7 Å². The lowest BCUT2D eigenvalue weighted by Gasteiger charge is -2.30. The Morgan fingerprint density at radius 2 is 2.00 bits per heavy atom. The Balaban J connectivity index is 2.05. The van der Waals surface area contributed by atoms with Crippen molar-refractivity contribution in [1.29, 1.82) is 0 Å². The van der Waals surface area contributed by atoms with Crippen molar-refractivity contribution in [1.82, 2.24) is 5.32 Å². The highest BCUT2D eigenvalue weighted by Crippen LogP contribution is 2.40. The minimum atomic E-state index is 0.284. The highest BCUT2D eigenvalue weighted by Gasteiger charge is 2.27. The summed E-state index contributed by atoms with van der Waals surface area (Å²) in [4.78, 5) is 7.68. The van der Waals surface area contributed by atoms with E-state index in [1.807, 2.05) is 11.3 Å². The van der Waals surface area contributed by atoms with Crippen molar-refractivity contribution >= 4 is 17.2 Å². The summed E-state index contributed by atoms with van der Waals surface area (Å²) in [6, 6.07) is 2.61. The minimum absolute atomic E-state index is 0.284. The van der Waals surface area contributed by atoms with Gasteiger partial charge in [0.2, 0.25) is 0 Å². The largest absolute Gasteiger partial charge is 0.348 e. The third-order valence-corrected chi connectivity index (χ3v) is 4.85. The van der Waals surface area contributed by atoms with Gasteiger partial charge in [-0.3, -0.25) is 4.99 Å². The van der Waals surface area contributed by atoms with Crippen molar-refractivity contribution in [2.45, 2.75) is 52.5 Å². The van der Waals surface area contributed by atoms with Gasteiger partial charge < -0.3 is 5.32 Å². The van der Waals surface area contributed by atoms with Gasteiger partial charge >= 0.3 is 0 Å². The first kappa shape index (κ1) is 12.0. The third-order valence-electron chi connectivity index (χ3n) is 3.87. The molecule has 0 bridgehead atoms. The van der Waals surface area contributed by atoms with Crippen LogP contribution in [0, 0.1) is 13.8 Å². The molecule has 0 fully saturated rings. The Kier molecular flexibility index (Phi) is 3.02. The highest BCUT2D eigenvalue weighted by molar-refractivity contribution is 7.12. The first-order chi connectivity index (χ1) is 8.65. The van der Waals surface area contributed by atoms with E-state index < -0.39 is 0 Å². The van der Waals surface area contributed by atoms with Crippen LogP contribution in [0.15, 0.2) is 22.3 Å². The van der Waals surface area contributed by atoms with Gasteiger partial charge in [-0.1, -0.05) is 0 Å². The smallest absolute Gasteiger partial charge is 0.101 e. The van der Waals surface area contributed by atoms with Gasteiger partial charge in [0, 0.05) is 15.5 Å². The molecule has 1 aromatic heterocycles. The normalized spacial score (nSPS) is 23.5. The average molecular weight is 260 g/mol. The SMILES string of the molecule is CC1=NC(c2cc(C)sc2C)C2=C(CCCC2)N1. The summed E-state index contributed by atoms with van der Waals surface area (Å²) in [7, 11) is 0. The van der Waals surface area contributed by atoms with Gasteiger partial charge in [0.1, 0.15) is 6.04 Å². The fraction of sp³-hybridized carbons (Fsp3) is 0.533. The maximum atomic E-state index is 4.87. The van der Waals surface area contributed by atoms with Crippen LogP contribution in [-0.2, 0) is 0 Å². The molecule has 0 radical (unpaired) electrons. The van der Waals surface area contributed by atoms with E-state index in [9.17, 15) is 0 Å². The molecule has 1 aromatic rings. The molecule has 18 heavy (non-hydrogen) atoms. The molecule has 0 spiro atoms. The number of aliphatic imine (C=N–C) groups is 1. The Hall–Kier alpha value is -1.09. The first-order valence-corrected chi connectivity index (χ1v) is 7.57. The number of thiophene rings is 1. The number of nitrogens with zero attached hydrogens (tertiary/aromatic N) is 1. The predicted molar refractivity (Wildman–Crippen MR) is 78.3 cm³/mol. The summed E-state index contributed by atoms with van der Waals surface area (Å²) in [6.45, 7) is 6.50. The average Bonchev–Trinajstić information content (AvgIpc) is 2.67. The minimum Gasteiger partial charge on any atom is -0.348 e. The van der Waals surface area contributed by atoms with Crippen molar-refractivity contribution < 1.29 is 0 Å². The van der Waals surface area contributed by atoms with E-state index in [2.05, 4.69) is 32.2 Å². The molecule has 3 rings (SSSR count). The van der Waals surface area contributed by atoms with Gasteiger partial charge in [0.15, 0.2) is 0 Å². The predicted octanol–water partition coefficient (Wildman–Crippen LogP) is 4.26. The zero-order chi connectivity index (χ0) is 12.7. The maximum Gasteiger partial charge on any atom is 0.101 e. The quantitative estimate of drug-likeness (QED) is 0.801. The monoisotopic (exact) mass is 260 g/mol. The standard InChI is InChI=1S/C15H20N2S/c1-9-8-13(10(2)18-9)15-12-6-4-5-7-14(12)16-11(3)17-15/h8,15H,4-7H2,1-3H3,(H,16,17). The summed E-state index contributed by atoms with van der Waals surface area (Å²) in [6.07, 6.45) is 5.03. The van der Waals surface area contributed by atoms with Crippen LogP contribution in [-0.4, -0.2) is 5.84 Å². The number of hydrogen-bond donors (Lipinski definition) is 1. The number of nitrogens with one attached hydrogen (secondary N) is 1. The molecular weight excluding hydrogens is 240 g/mol. The van der Waals surface area contributed by atoms with Crippen LogP contribution in [0.25, 0.3) is 0 Å². The molecule has 1 aliphatic heterocycles. The van der Waals surface area contributed by atoms with Gasteiger partial charge in [0.25, 0.3) is 0 Å². The zero-order valence-electron chi connectivity index (χ0n) is 11.3. The number of allylic oxidation sites excluding steroid dienone is 1. The zero-order valence-corrected chi connectivity index (χ0v) is 12.2. The molecule has 0 saturated carbocycles. The van der Waals surface area contributed by atoms with E-state index in [4.69, 9.17) is 4.99 Å². The third kappa shape index (κ3) is 2.01. The lowest BCUT2D eigenvalue weighted by molar-refractivity contribution is 0.592. The summed E-state index contributed by atoms with van der Waals surface area (Å²) in [5.41, 5.74) is 4.41. The van der Waals surface area contributed by atoms with Gasteiger partial charge in [0.05, 0.1) is 5.84 Å². The van der Waals surface area contributed by atoms with Gasteiger partial charge in [-0.25, -0.2) is 0 Å². The fourth-order valence-corrected chi connectivity index (χ4v) is 4.03. The molecule has 96 valence electrons. The van der Waals surface area contributed by atoms with Crippen LogP contribution in [0.3, 0.4) is 0 Å². The fourth-order valence-electron chi connectivity index (χ4n) is 3.07. The molecule has 0 aromatic carbocycles. The van der Waals surface area contributed by atoms with Gasteiger partial charge in [-0.15, -0.1) is 11.3 Å². The van der Waals surface area contributed by atoms with Crippen LogP contribution in [0.1, 0.15) is 54.0 Å². The number of amidine groups is 1. The van der Waals surface area contributed by atoms with E-state index in [1.165, 1.54) is 52.3 Å². The van der Waals surface area contributed by atoms with Crippen LogP contribution < -0.4 is 5.32 Å². The summed E-state index contributed by atoms with van der Waals surface area (Å²) < 4.78 is 0. The molecule has 2 heterocycles. The summed E-state index contributed by atoms with van der Waals surface area (Å²) in [5, 5.41) is 3.48. The topological polar surface area (TPSA) is 24.4 Å². The maximum absolute atomic E-state index is 4.87. The number of aryl methyl sites for hydroxylation is 2. The molecule has 1 atom stereocenters. The van der Waals surface area contributed by atoms with Crippen molar-refractivity contribution in [3.8, 4) is 0 Å². The molecule has 0 amide bonds. The molecule has 1 aliphatic carbocycles. The molecule has 3 heteroatoms. The second kappa shape index (κ2) is 4.54. The number of rotatable bonds is 1. The molecule has 2 aliphatic rings. The van der Waals surface area contributed by atoms with Crippen LogP contribution in [0.5, 0.6) is 0 Å². The molecular formula is C15H20N2S. The number of hydrogen-bond acceptors (Lipinski definition) is 3. The van der Waals surface area contributed by atoms with Crippen molar-refractivity contribution in [2.24, 2.45) is 4.99 Å². The van der Waals surface area contributed by atoms with Crippen LogP contribution in [0.2, 0.25) is 0 Å². The molecule has 0 saturated heterocycles. The van der Waals surface area contributed by atoms with E-state index in [0.717, 1.165) is 5.84 Å². The molecule has 1 unspecified atom stereocenters. The second-order valence-electron chi connectivity index (χ2n) is 5.32. The first-order valence-electron chi connectivity index (χ1n) is 6.75. The van der Waals surface area contributed by atoms with Crippen molar-refractivity contribution in [2.75, 3.05) is 0 Å². The van der Waals surface area contributed by atoms with Gasteiger partial charge in [-0.05, 0) is 63.7 Å². The van der Waals surface area contributed by atoms with Crippen LogP contribution in [0.4, 0.5) is 0 Å². The van der Waals surface area contributed by atoms with E-state index in [1.54, 1.807) is 0 Å². The molecule has 2 nitrogen and oxygen atoms in total. The molecule has 1 N–H and O–H groups in total. The highest BCUT2D eigenvalue weighted by atomic mass is 32.1. The Morgan fingerprint density at radius 3 is 2.72 bits per heavy atom. The van der Waals surface area contributed by atoms with E-state index >= 15 is 0 Å². The Labute approximate surface area is 113 Å². The van der Waals surface area contributed by atoms with Crippen molar-refractivity contribution in [3.63, 3.8) is 0 Å². The van der Waals surface area contributed by atoms with E-state index in [-0.39, 0.29) is 6.04 Å². The second-order valence-corrected chi connectivity index (χ2v) is 6.78. The summed E-state index contributed by atoms with van der Waals surface area (Å²) >= 11 is 1.89. The lowest BCUT2D eigenvalue weighted by Crippen LogP contribution is -2.29.